The minimum atomic E-state index is -4.33. The Labute approximate surface area is 117 Å². The summed E-state index contributed by atoms with van der Waals surface area (Å²) in [4.78, 5) is 0. The molecule has 1 saturated carbocycles. The zero-order valence-electron chi connectivity index (χ0n) is 11.8. The minimum Gasteiger partial charge on any atom is -0.378 e. The van der Waals surface area contributed by atoms with E-state index in [2.05, 4.69) is 5.32 Å². The number of halogens is 3. The van der Waals surface area contributed by atoms with E-state index in [0.717, 1.165) is 25.3 Å². The van der Waals surface area contributed by atoms with Gasteiger partial charge in [0, 0.05) is 13.2 Å². The van der Waals surface area contributed by atoms with Crippen LogP contribution in [0, 0.1) is 0 Å². The van der Waals surface area contributed by atoms with Crippen molar-refractivity contribution in [3.63, 3.8) is 0 Å². The fourth-order valence-electron chi connectivity index (χ4n) is 2.86. The van der Waals surface area contributed by atoms with Crippen molar-refractivity contribution in [2.75, 3.05) is 14.2 Å². The Kier molecular flexibility index (Phi) is 4.39. The largest absolute Gasteiger partial charge is 0.416 e. The summed E-state index contributed by atoms with van der Waals surface area (Å²) in [5.41, 5.74) is -0.539. The van der Waals surface area contributed by atoms with Crippen molar-refractivity contribution < 1.29 is 17.9 Å². The lowest BCUT2D eigenvalue weighted by Gasteiger charge is -2.43. The minimum absolute atomic E-state index is 0.271. The van der Waals surface area contributed by atoms with Gasteiger partial charge in [-0.05, 0) is 44.4 Å². The molecule has 1 aromatic carbocycles. The number of ether oxygens (including phenoxy) is 1. The van der Waals surface area contributed by atoms with E-state index in [1.807, 2.05) is 0 Å². The SMILES string of the molecule is CNC(CC1(OC)CCC1)c1ccccc1C(F)(F)F. The second-order valence-corrected chi connectivity index (χ2v) is 5.37. The first kappa shape index (κ1) is 15.3. The Morgan fingerprint density at radius 2 is 1.95 bits per heavy atom. The predicted molar refractivity (Wildman–Crippen MR) is 71.5 cm³/mol. The van der Waals surface area contributed by atoms with E-state index in [1.165, 1.54) is 6.07 Å². The van der Waals surface area contributed by atoms with Crippen molar-refractivity contribution in [1.29, 1.82) is 0 Å². The van der Waals surface area contributed by atoms with E-state index < -0.39 is 11.7 Å². The van der Waals surface area contributed by atoms with Crippen molar-refractivity contribution in [2.24, 2.45) is 0 Å². The molecule has 0 bridgehead atoms. The molecule has 112 valence electrons. The molecule has 1 N–H and O–H groups in total. The summed E-state index contributed by atoms with van der Waals surface area (Å²) in [6, 6.07) is 5.41. The van der Waals surface area contributed by atoms with Crippen LogP contribution in [-0.4, -0.2) is 19.8 Å². The molecular weight excluding hydrogens is 267 g/mol. The third-order valence-electron chi connectivity index (χ3n) is 4.26. The quantitative estimate of drug-likeness (QED) is 0.886. The molecule has 1 aliphatic rings. The fraction of sp³-hybridized carbons (Fsp3) is 0.600. The van der Waals surface area contributed by atoms with Gasteiger partial charge in [-0.2, -0.15) is 13.2 Å². The molecule has 0 aliphatic heterocycles. The summed E-state index contributed by atoms with van der Waals surface area (Å²) in [6.45, 7) is 0. The maximum Gasteiger partial charge on any atom is 0.416 e. The van der Waals surface area contributed by atoms with Crippen molar-refractivity contribution in [1.82, 2.24) is 5.32 Å². The van der Waals surface area contributed by atoms with Crippen LogP contribution >= 0.6 is 0 Å². The highest BCUT2D eigenvalue weighted by Gasteiger charge is 2.41. The van der Waals surface area contributed by atoms with Crippen LogP contribution in [0.4, 0.5) is 13.2 Å². The molecule has 0 saturated heterocycles. The van der Waals surface area contributed by atoms with Crippen LogP contribution in [0.1, 0.15) is 42.9 Å². The third-order valence-corrected chi connectivity index (χ3v) is 4.26. The first-order valence-electron chi connectivity index (χ1n) is 6.80. The van der Waals surface area contributed by atoms with Crippen molar-refractivity contribution in [2.45, 2.75) is 43.5 Å². The number of hydrogen-bond donors (Lipinski definition) is 1. The number of methoxy groups -OCH3 is 1. The average Bonchev–Trinajstić information content (AvgIpc) is 2.37. The highest BCUT2D eigenvalue weighted by Crippen LogP contribution is 2.43. The van der Waals surface area contributed by atoms with Gasteiger partial charge < -0.3 is 10.1 Å². The molecule has 0 amide bonds. The maximum atomic E-state index is 13.1. The monoisotopic (exact) mass is 287 g/mol. The fourth-order valence-corrected chi connectivity index (χ4v) is 2.86. The first-order chi connectivity index (χ1) is 9.42. The Morgan fingerprint density at radius 1 is 1.30 bits per heavy atom. The van der Waals surface area contributed by atoms with Crippen LogP contribution in [0.3, 0.4) is 0 Å². The number of alkyl halides is 3. The lowest BCUT2D eigenvalue weighted by atomic mass is 9.74. The van der Waals surface area contributed by atoms with Crippen molar-refractivity contribution in [3.8, 4) is 0 Å². The molecule has 1 fully saturated rings. The van der Waals surface area contributed by atoms with Crippen molar-refractivity contribution >= 4 is 0 Å². The molecule has 0 spiro atoms. The molecule has 0 heterocycles. The number of rotatable bonds is 5. The molecule has 1 atom stereocenters. The van der Waals surface area contributed by atoms with Gasteiger partial charge in [-0.15, -0.1) is 0 Å². The van der Waals surface area contributed by atoms with E-state index in [1.54, 1.807) is 26.3 Å². The van der Waals surface area contributed by atoms with E-state index in [-0.39, 0.29) is 11.6 Å². The predicted octanol–water partition coefficient (Wildman–Crippen LogP) is 3.93. The molecule has 2 nitrogen and oxygen atoms in total. The topological polar surface area (TPSA) is 21.3 Å². The van der Waals surface area contributed by atoms with E-state index >= 15 is 0 Å². The molecule has 0 radical (unpaired) electrons. The number of benzene rings is 1. The lowest BCUT2D eigenvalue weighted by molar-refractivity contribution is -0.139. The van der Waals surface area contributed by atoms with Gasteiger partial charge in [0.1, 0.15) is 0 Å². The van der Waals surface area contributed by atoms with Gasteiger partial charge in [0.15, 0.2) is 0 Å². The average molecular weight is 287 g/mol. The van der Waals surface area contributed by atoms with Crippen LogP contribution in [0.5, 0.6) is 0 Å². The first-order valence-corrected chi connectivity index (χ1v) is 6.80. The van der Waals surface area contributed by atoms with E-state index in [0.29, 0.717) is 12.0 Å². The van der Waals surface area contributed by atoms with Crippen LogP contribution in [0.15, 0.2) is 24.3 Å². The van der Waals surface area contributed by atoms with Gasteiger partial charge in [-0.1, -0.05) is 18.2 Å². The summed E-state index contributed by atoms with van der Waals surface area (Å²) < 4.78 is 44.8. The van der Waals surface area contributed by atoms with Gasteiger partial charge in [-0.3, -0.25) is 0 Å². The Hall–Kier alpha value is -1.07. The van der Waals surface area contributed by atoms with Crippen LogP contribution in [0.25, 0.3) is 0 Å². The van der Waals surface area contributed by atoms with Gasteiger partial charge in [-0.25, -0.2) is 0 Å². The Balaban J connectivity index is 2.28. The standard InChI is InChI=1S/C15H20F3NO/c1-19-13(10-14(20-2)8-5-9-14)11-6-3-4-7-12(11)15(16,17)18/h3-4,6-7,13,19H,5,8-10H2,1-2H3. The van der Waals surface area contributed by atoms with Crippen LogP contribution in [-0.2, 0) is 10.9 Å². The van der Waals surface area contributed by atoms with Crippen LogP contribution < -0.4 is 5.32 Å². The molecular formula is C15H20F3NO. The second-order valence-electron chi connectivity index (χ2n) is 5.37. The molecule has 2 rings (SSSR count). The maximum absolute atomic E-state index is 13.1. The van der Waals surface area contributed by atoms with Crippen LogP contribution in [0.2, 0.25) is 0 Å². The third kappa shape index (κ3) is 2.99. The summed E-state index contributed by atoms with van der Waals surface area (Å²) in [7, 11) is 3.33. The van der Waals surface area contributed by atoms with Gasteiger partial charge >= 0.3 is 6.18 Å². The van der Waals surface area contributed by atoms with Gasteiger partial charge in [0.2, 0.25) is 0 Å². The molecule has 20 heavy (non-hydrogen) atoms. The molecule has 5 heteroatoms. The normalized spacial score (nSPS) is 19.4. The van der Waals surface area contributed by atoms with E-state index in [9.17, 15) is 13.2 Å². The highest BCUT2D eigenvalue weighted by atomic mass is 19.4. The number of hydrogen-bond acceptors (Lipinski definition) is 2. The lowest BCUT2D eigenvalue weighted by Crippen LogP contribution is -2.42. The summed E-state index contributed by atoms with van der Waals surface area (Å²) >= 11 is 0. The zero-order valence-corrected chi connectivity index (χ0v) is 11.8. The Bertz CT molecular complexity index is 449. The summed E-state index contributed by atoms with van der Waals surface area (Å²) in [5, 5.41) is 3.01. The molecule has 1 aromatic rings. The van der Waals surface area contributed by atoms with Gasteiger partial charge in [0.25, 0.3) is 0 Å². The number of nitrogens with one attached hydrogen (secondary N) is 1. The molecule has 0 aromatic heterocycles. The summed E-state index contributed by atoms with van der Waals surface area (Å²) in [5.74, 6) is 0. The van der Waals surface area contributed by atoms with E-state index in [4.69, 9.17) is 4.74 Å². The smallest absolute Gasteiger partial charge is 0.378 e. The summed E-state index contributed by atoms with van der Waals surface area (Å²) in [6.07, 6.45) is -0.866. The van der Waals surface area contributed by atoms with Crippen molar-refractivity contribution in [3.05, 3.63) is 35.4 Å². The van der Waals surface area contributed by atoms with Gasteiger partial charge in [0.05, 0.1) is 11.2 Å². The second kappa shape index (κ2) is 5.74. The highest BCUT2D eigenvalue weighted by molar-refractivity contribution is 5.32. The zero-order chi connectivity index (χ0) is 14.8. The molecule has 1 unspecified atom stereocenters. The molecule has 1 aliphatic carbocycles. The Morgan fingerprint density at radius 3 is 2.40 bits per heavy atom.